The van der Waals surface area contributed by atoms with Gasteiger partial charge in [-0.3, -0.25) is 4.79 Å². The van der Waals surface area contributed by atoms with Crippen LogP contribution in [0.4, 0.5) is 0 Å². The molecule has 1 aliphatic rings. The van der Waals surface area contributed by atoms with Crippen LogP contribution in [-0.4, -0.2) is 38.8 Å². The molecule has 3 aromatic rings. The van der Waals surface area contributed by atoms with Crippen molar-refractivity contribution < 1.29 is 4.79 Å². The highest BCUT2D eigenvalue weighted by Crippen LogP contribution is 2.32. The van der Waals surface area contributed by atoms with E-state index < -0.39 is 0 Å². The average molecular weight is 392 g/mol. The number of carbonyl (C=O) groups is 1. The van der Waals surface area contributed by atoms with Crippen LogP contribution in [-0.2, 0) is 4.79 Å². The van der Waals surface area contributed by atoms with E-state index in [2.05, 4.69) is 41.1 Å². The maximum absolute atomic E-state index is 12.9. The Hall–Kier alpha value is -2.40. The number of aromatic nitrogens is 2. The monoisotopic (exact) mass is 391 g/mol. The minimum Gasteiger partial charge on any atom is -0.337 e. The van der Waals surface area contributed by atoms with Crippen LogP contribution in [0, 0.1) is 0 Å². The summed E-state index contributed by atoms with van der Waals surface area (Å²) < 4.78 is 0. The first-order valence-electron chi connectivity index (χ1n) is 9.90. The van der Waals surface area contributed by atoms with Gasteiger partial charge in [-0.1, -0.05) is 66.4 Å². The third-order valence-electron chi connectivity index (χ3n) is 5.51. The third kappa shape index (κ3) is 3.76. The van der Waals surface area contributed by atoms with E-state index in [9.17, 15) is 4.79 Å². The van der Waals surface area contributed by atoms with Gasteiger partial charge in [-0.15, -0.1) is 10.2 Å². The van der Waals surface area contributed by atoms with Crippen LogP contribution in [0.5, 0.6) is 0 Å². The van der Waals surface area contributed by atoms with Crippen LogP contribution in [0.2, 0.25) is 0 Å². The van der Waals surface area contributed by atoms with Crippen molar-refractivity contribution in [3.8, 4) is 11.3 Å². The minimum atomic E-state index is 0.197. The Labute approximate surface area is 170 Å². The quantitative estimate of drug-likeness (QED) is 0.575. The van der Waals surface area contributed by atoms with Crippen LogP contribution in [0.15, 0.2) is 59.6 Å². The zero-order chi connectivity index (χ0) is 19.5. The number of benzene rings is 2. The van der Waals surface area contributed by atoms with E-state index >= 15 is 0 Å². The van der Waals surface area contributed by atoms with Crippen LogP contribution in [0.1, 0.15) is 33.1 Å². The van der Waals surface area contributed by atoms with Crippen LogP contribution < -0.4 is 0 Å². The van der Waals surface area contributed by atoms with Gasteiger partial charge in [0.15, 0.2) is 0 Å². The van der Waals surface area contributed by atoms with Gasteiger partial charge in [-0.05, 0) is 33.1 Å². The fraction of sp³-hybridized carbons (Fsp3) is 0.348. The summed E-state index contributed by atoms with van der Waals surface area (Å²) in [6.45, 7) is 4.31. The molecule has 1 saturated heterocycles. The molecular weight excluding hydrogens is 366 g/mol. The number of nitrogens with zero attached hydrogens (tertiary/aromatic N) is 3. The zero-order valence-electron chi connectivity index (χ0n) is 16.3. The highest BCUT2D eigenvalue weighted by Gasteiger charge is 2.28. The molecule has 0 N–H and O–H groups in total. The number of hydrogen-bond acceptors (Lipinski definition) is 4. The summed E-state index contributed by atoms with van der Waals surface area (Å²) in [5.74, 6) is 0.598. The van der Waals surface area contributed by atoms with Crippen molar-refractivity contribution in [2.45, 2.75) is 50.2 Å². The SMILES string of the molecule is C[C@@H]1CCC[C@@H](C)N1C(=O)CSc1nnc(-c2ccccc2)c2ccccc12. The number of hydrogen-bond donors (Lipinski definition) is 0. The lowest BCUT2D eigenvalue weighted by Gasteiger charge is -2.39. The van der Waals surface area contributed by atoms with E-state index in [1.807, 2.05) is 42.5 Å². The fourth-order valence-electron chi connectivity index (χ4n) is 4.11. The molecule has 0 unspecified atom stereocenters. The molecule has 5 heteroatoms. The van der Waals surface area contributed by atoms with E-state index in [-0.39, 0.29) is 5.91 Å². The second kappa shape index (κ2) is 8.31. The first kappa shape index (κ1) is 18.9. The lowest BCUT2D eigenvalue weighted by Crippen LogP contribution is -2.48. The largest absolute Gasteiger partial charge is 0.337 e. The van der Waals surface area contributed by atoms with Gasteiger partial charge < -0.3 is 4.90 Å². The summed E-state index contributed by atoms with van der Waals surface area (Å²) in [6.07, 6.45) is 3.39. The van der Waals surface area contributed by atoms with Gasteiger partial charge in [0.25, 0.3) is 0 Å². The predicted octanol–water partition coefficient (Wildman–Crippen LogP) is 5.18. The minimum absolute atomic E-state index is 0.197. The third-order valence-corrected chi connectivity index (χ3v) is 6.48. The molecule has 2 aromatic carbocycles. The molecule has 1 amide bonds. The first-order valence-corrected chi connectivity index (χ1v) is 10.9. The van der Waals surface area contributed by atoms with Gasteiger partial charge in [0.1, 0.15) is 10.7 Å². The molecule has 1 fully saturated rings. The Balaban J connectivity index is 1.59. The molecule has 1 aromatic heterocycles. The van der Waals surface area contributed by atoms with E-state index in [0.717, 1.165) is 39.9 Å². The van der Waals surface area contributed by atoms with Crippen LogP contribution in [0.25, 0.3) is 22.0 Å². The number of likely N-dealkylation sites (tertiary alicyclic amines) is 1. The van der Waals surface area contributed by atoms with Crippen molar-refractivity contribution in [2.75, 3.05) is 5.75 Å². The van der Waals surface area contributed by atoms with E-state index in [1.165, 1.54) is 18.2 Å². The first-order chi connectivity index (χ1) is 13.6. The molecule has 0 aliphatic carbocycles. The molecule has 144 valence electrons. The smallest absolute Gasteiger partial charge is 0.233 e. The summed E-state index contributed by atoms with van der Waals surface area (Å²) >= 11 is 1.49. The lowest BCUT2D eigenvalue weighted by molar-refractivity contribution is -0.134. The summed E-state index contributed by atoms with van der Waals surface area (Å²) in [7, 11) is 0. The topological polar surface area (TPSA) is 46.1 Å². The van der Waals surface area contributed by atoms with Crippen molar-refractivity contribution in [3.63, 3.8) is 0 Å². The van der Waals surface area contributed by atoms with Gasteiger partial charge in [-0.2, -0.15) is 0 Å². The van der Waals surface area contributed by atoms with E-state index in [1.54, 1.807) is 0 Å². The lowest BCUT2D eigenvalue weighted by atomic mass is 9.98. The molecule has 0 radical (unpaired) electrons. The predicted molar refractivity (Wildman–Crippen MR) is 115 cm³/mol. The highest BCUT2D eigenvalue weighted by atomic mass is 32.2. The molecule has 0 saturated carbocycles. The Kier molecular flexibility index (Phi) is 5.62. The van der Waals surface area contributed by atoms with Crippen LogP contribution >= 0.6 is 11.8 Å². The van der Waals surface area contributed by atoms with Crippen molar-refractivity contribution in [1.82, 2.24) is 15.1 Å². The molecule has 4 rings (SSSR count). The van der Waals surface area contributed by atoms with Gasteiger partial charge in [0.05, 0.1) is 5.75 Å². The van der Waals surface area contributed by atoms with E-state index in [0.29, 0.717) is 17.8 Å². The van der Waals surface area contributed by atoms with Gasteiger partial charge in [0.2, 0.25) is 5.91 Å². The summed E-state index contributed by atoms with van der Waals surface area (Å²) in [5.41, 5.74) is 1.93. The standard InChI is InChI=1S/C23H25N3OS/c1-16-9-8-10-17(2)26(16)21(27)15-28-23-20-14-7-6-13-19(20)22(24-25-23)18-11-4-3-5-12-18/h3-7,11-14,16-17H,8-10,15H2,1-2H3/t16-,17-/m1/s1. The van der Waals surface area contributed by atoms with Crippen molar-refractivity contribution >= 4 is 28.4 Å². The molecule has 2 heterocycles. The van der Waals surface area contributed by atoms with Crippen molar-refractivity contribution in [3.05, 3.63) is 54.6 Å². The molecule has 2 atom stereocenters. The number of amides is 1. The number of piperidine rings is 1. The molecule has 0 bridgehead atoms. The summed E-state index contributed by atoms with van der Waals surface area (Å²) in [4.78, 5) is 14.9. The highest BCUT2D eigenvalue weighted by molar-refractivity contribution is 8.00. The second-order valence-electron chi connectivity index (χ2n) is 7.48. The number of fused-ring (bicyclic) bond motifs is 1. The summed E-state index contributed by atoms with van der Waals surface area (Å²) in [6, 6.07) is 18.9. The molecule has 4 nitrogen and oxygen atoms in total. The van der Waals surface area contributed by atoms with Gasteiger partial charge in [-0.25, -0.2) is 0 Å². The molecule has 0 spiro atoms. The molecular formula is C23H25N3OS. The maximum atomic E-state index is 12.9. The van der Waals surface area contributed by atoms with Gasteiger partial charge >= 0.3 is 0 Å². The van der Waals surface area contributed by atoms with Gasteiger partial charge in [0, 0.05) is 28.4 Å². The number of carbonyl (C=O) groups excluding carboxylic acids is 1. The number of rotatable bonds is 4. The number of thioether (sulfide) groups is 1. The molecule has 28 heavy (non-hydrogen) atoms. The Bertz CT molecular complexity index is 966. The maximum Gasteiger partial charge on any atom is 0.233 e. The Morgan fingerprint density at radius 1 is 0.964 bits per heavy atom. The zero-order valence-corrected chi connectivity index (χ0v) is 17.2. The second-order valence-corrected chi connectivity index (χ2v) is 8.45. The average Bonchev–Trinajstić information content (AvgIpc) is 2.72. The van der Waals surface area contributed by atoms with E-state index in [4.69, 9.17) is 0 Å². The normalized spacial score (nSPS) is 19.7. The fourth-order valence-corrected chi connectivity index (χ4v) is 4.95. The Morgan fingerprint density at radius 2 is 1.61 bits per heavy atom. The van der Waals surface area contributed by atoms with Crippen molar-refractivity contribution in [2.24, 2.45) is 0 Å². The Morgan fingerprint density at radius 3 is 2.32 bits per heavy atom. The molecule has 1 aliphatic heterocycles. The summed E-state index contributed by atoms with van der Waals surface area (Å²) in [5, 5.41) is 11.9. The van der Waals surface area contributed by atoms with Crippen LogP contribution in [0.3, 0.4) is 0 Å². The van der Waals surface area contributed by atoms with Crippen molar-refractivity contribution in [1.29, 1.82) is 0 Å².